The highest BCUT2D eigenvalue weighted by atomic mass is 14.9. The van der Waals surface area contributed by atoms with E-state index in [0.717, 1.165) is 31.5 Å². The molecule has 0 aliphatic rings. The standard InChI is InChI=1S/C9H17N/c1-4-6-7-9(3)10-8-5-2/h4,10H,1,3,5-8H2,2H3. The summed E-state index contributed by atoms with van der Waals surface area (Å²) in [4.78, 5) is 0. The van der Waals surface area contributed by atoms with Crippen molar-refractivity contribution in [3.05, 3.63) is 24.9 Å². The van der Waals surface area contributed by atoms with Crippen LogP contribution < -0.4 is 5.32 Å². The first-order valence-electron chi connectivity index (χ1n) is 3.83. The van der Waals surface area contributed by atoms with Crippen LogP contribution in [0.15, 0.2) is 24.9 Å². The smallest absolute Gasteiger partial charge is 0.0141 e. The van der Waals surface area contributed by atoms with Gasteiger partial charge in [-0.2, -0.15) is 0 Å². The van der Waals surface area contributed by atoms with E-state index in [1.807, 2.05) is 6.08 Å². The topological polar surface area (TPSA) is 12.0 Å². The fourth-order valence-corrected chi connectivity index (χ4v) is 0.666. The molecule has 0 heterocycles. The molecule has 0 saturated heterocycles. The van der Waals surface area contributed by atoms with Gasteiger partial charge in [-0.1, -0.05) is 19.6 Å². The van der Waals surface area contributed by atoms with E-state index in [2.05, 4.69) is 25.4 Å². The first-order chi connectivity index (χ1) is 4.81. The average molecular weight is 139 g/mol. The summed E-state index contributed by atoms with van der Waals surface area (Å²) in [5.74, 6) is 0. The summed E-state index contributed by atoms with van der Waals surface area (Å²) >= 11 is 0. The highest BCUT2D eigenvalue weighted by Crippen LogP contribution is 1.97. The molecule has 0 aromatic heterocycles. The molecule has 0 unspecified atom stereocenters. The predicted molar refractivity (Wildman–Crippen MR) is 46.9 cm³/mol. The Kier molecular flexibility index (Phi) is 5.94. The molecule has 58 valence electrons. The summed E-state index contributed by atoms with van der Waals surface area (Å²) in [5, 5.41) is 3.22. The zero-order chi connectivity index (χ0) is 7.82. The lowest BCUT2D eigenvalue weighted by Crippen LogP contribution is -2.12. The van der Waals surface area contributed by atoms with E-state index in [9.17, 15) is 0 Å². The maximum Gasteiger partial charge on any atom is 0.0141 e. The van der Waals surface area contributed by atoms with Crippen molar-refractivity contribution in [2.75, 3.05) is 6.54 Å². The van der Waals surface area contributed by atoms with Crippen LogP contribution in [0.2, 0.25) is 0 Å². The van der Waals surface area contributed by atoms with Gasteiger partial charge in [0.15, 0.2) is 0 Å². The molecule has 0 fully saturated rings. The third kappa shape index (κ3) is 5.42. The van der Waals surface area contributed by atoms with Crippen LogP contribution >= 0.6 is 0 Å². The van der Waals surface area contributed by atoms with Gasteiger partial charge in [0, 0.05) is 12.2 Å². The van der Waals surface area contributed by atoms with Crippen molar-refractivity contribution in [1.82, 2.24) is 5.32 Å². The summed E-state index contributed by atoms with van der Waals surface area (Å²) in [6.07, 6.45) is 5.12. The third-order valence-electron chi connectivity index (χ3n) is 1.28. The van der Waals surface area contributed by atoms with E-state index in [1.54, 1.807) is 0 Å². The van der Waals surface area contributed by atoms with Gasteiger partial charge in [0.2, 0.25) is 0 Å². The Bertz CT molecular complexity index is 105. The fourth-order valence-electron chi connectivity index (χ4n) is 0.666. The molecule has 0 rings (SSSR count). The van der Waals surface area contributed by atoms with Gasteiger partial charge in [-0.3, -0.25) is 0 Å². The van der Waals surface area contributed by atoms with Crippen molar-refractivity contribution in [2.24, 2.45) is 0 Å². The van der Waals surface area contributed by atoms with Gasteiger partial charge in [0.05, 0.1) is 0 Å². The van der Waals surface area contributed by atoms with Crippen LogP contribution in [0.25, 0.3) is 0 Å². The van der Waals surface area contributed by atoms with Crippen LogP contribution in [0.3, 0.4) is 0 Å². The van der Waals surface area contributed by atoms with Crippen molar-refractivity contribution >= 4 is 0 Å². The molecular formula is C9H17N. The lowest BCUT2D eigenvalue weighted by molar-refractivity contribution is 0.732. The normalized spacial score (nSPS) is 8.90. The minimum atomic E-state index is 1.02. The van der Waals surface area contributed by atoms with Crippen LogP contribution in [0.5, 0.6) is 0 Å². The SMILES string of the molecule is C=CCCC(=C)NCCC. The summed E-state index contributed by atoms with van der Waals surface area (Å²) in [7, 11) is 0. The lowest BCUT2D eigenvalue weighted by atomic mass is 10.2. The van der Waals surface area contributed by atoms with E-state index in [0.29, 0.717) is 0 Å². The number of hydrogen-bond acceptors (Lipinski definition) is 1. The van der Waals surface area contributed by atoms with Crippen LogP contribution in [0.1, 0.15) is 26.2 Å². The minimum Gasteiger partial charge on any atom is -0.389 e. The van der Waals surface area contributed by atoms with Crippen molar-refractivity contribution in [3.8, 4) is 0 Å². The molecule has 0 aromatic carbocycles. The van der Waals surface area contributed by atoms with E-state index in [1.165, 1.54) is 0 Å². The summed E-state index contributed by atoms with van der Waals surface area (Å²) in [5.41, 5.74) is 1.13. The van der Waals surface area contributed by atoms with Crippen LogP contribution in [0, 0.1) is 0 Å². The first-order valence-corrected chi connectivity index (χ1v) is 3.83. The first kappa shape index (κ1) is 9.28. The molecule has 0 amide bonds. The summed E-state index contributed by atoms with van der Waals surface area (Å²) in [6, 6.07) is 0. The Labute approximate surface area is 63.8 Å². The van der Waals surface area contributed by atoms with Gasteiger partial charge in [0.25, 0.3) is 0 Å². The van der Waals surface area contributed by atoms with Crippen LogP contribution in [-0.2, 0) is 0 Å². The molecular weight excluding hydrogens is 122 g/mol. The van der Waals surface area contributed by atoms with Gasteiger partial charge < -0.3 is 5.32 Å². The molecule has 0 bridgehead atoms. The summed E-state index contributed by atoms with van der Waals surface area (Å²) < 4.78 is 0. The number of rotatable bonds is 6. The monoisotopic (exact) mass is 139 g/mol. The molecule has 1 heteroatoms. The van der Waals surface area contributed by atoms with E-state index >= 15 is 0 Å². The Hall–Kier alpha value is -0.720. The molecule has 0 saturated carbocycles. The maximum absolute atomic E-state index is 3.87. The highest BCUT2D eigenvalue weighted by molar-refractivity contribution is 4.92. The van der Waals surface area contributed by atoms with Gasteiger partial charge in [-0.25, -0.2) is 0 Å². The molecule has 0 aliphatic heterocycles. The van der Waals surface area contributed by atoms with Gasteiger partial charge in [-0.05, 0) is 19.3 Å². The highest BCUT2D eigenvalue weighted by Gasteiger charge is 1.88. The largest absolute Gasteiger partial charge is 0.389 e. The Morgan fingerprint density at radius 1 is 1.60 bits per heavy atom. The average Bonchev–Trinajstić information content (AvgIpc) is 1.97. The number of hydrogen-bond donors (Lipinski definition) is 1. The maximum atomic E-state index is 3.87. The van der Waals surface area contributed by atoms with Crippen molar-refractivity contribution in [1.29, 1.82) is 0 Å². The molecule has 0 atom stereocenters. The molecule has 0 aromatic rings. The zero-order valence-electron chi connectivity index (χ0n) is 6.82. The Morgan fingerprint density at radius 3 is 2.80 bits per heavy atom. The molecule has 0 radical (unpaired) electrons. The fraction of sp³-hybridized carbons (Fsp3) is 0.556. The van der Waals surface area contributed by atoms with E-state index < -0.39 is 0 Å². The second-order valence-electron chi connectivity index (χ2n) is 2.36. The van der Waals surface area contributed by atoms with E-state index in [-0.39, 0.29) is 0 Å². The lowest BCUT2D eigenvalue weighted by Gasteiger charge is -2.05. The quantitative estimate of drug-likeness (QED) is 0.557. The van der Waals surface area contributed by atoms with Gasteiger partial charge in [0.1, 0.15) is 0 Å². The second-order valence-corrected chi connectivity index (χ2v) is 2.36. The van der Waals surface area contributed by atoms with Gasteiger partial charge >= 0.3 is 0 Å². The molecule has 1 nitrogen and oxygen atoms in total. The number of nitrogens with one attached hydrogen (secondary N) is 1. The molecule has 1 N–H and O–H groups in total. The van der Waals surface area contributed by atoms with Crippen molar-refractivity contribution in [3.63, 3.8) is 0 Å². The van der Waals surface area contributed by atoms with E-state index in [4.69, 9.17) is 0 Å². The molecule has 0 aliphatic carbocycles. The van der Waals surface area contributed by atoms with Gasteiger partial charge in [-0.15, -0.1) is 6.58 Å². The van der Waals surface area contributed by atoms with Crippen LogP contribution in [-0.4, -0.2) is 6.54 Å². The Morgan fingerprint density at radius 2 is 2.30 bits per heavy atom. The third-order valence-corrected chi connectivity index (χ3v) is 1.28. The zero-order valence-corrected chi connectivity index (χ0v) is 6.82. The Balaban J connectivity index is 3.16. The summed E-state index contributed by atoms with van der Waals surface area (Å²) in [6.45, 7) is 10.7. The molecule has 0 spiro atoms. The predicted octanol–water partition coefficient (Wildman–Crippen LogP) is 2.47. The number of allylic oxidation sites excluding steroid dienone is 2. The molecule has 10 heavy (non-hydrogen) atoms. The van der Waals surface area contributed by atoms with Crippen molar-refractivity contribution < 1.29 is 0 Å². The minimum absolute atomic E-state index is 1.02. The van der Waals surface area contributed by atoms with Crippen molar-refractivity contribution in [2.45, 2.75) is 26.2 Å². The second kappa shape index (κ2) is 6.40. The van der Waals surface area contributed by atoms with Crippen LogP contribution in [0.4, 0.5) is 0 Å².